The number of hydrogen-bond donors (Lipinski definition) is 2. The number of nitrogens with one attached hydrogen (secondary N) is 2. The zero-order valence-corrected chi connectivity index (χ0v) is 16.4. The minimum atomic E-state index is 0. The number of rotatable bonds is 4. The summed E-state index contributed by atoms with van der Waals surface area (Å²) in [6, 6.07) is 18.8. The molecule has 0 aliphatic carbocycles. The number of halogens is 1. The Kier molecular flexibility index (Phi) is 6.90. The molecular weight excluding hydrogens is 413 g/mol. The lowest BCUT2D eigenvalue weighted by Crippen LogP contribution is -2.43. The highest BCUT2D eigenvalue weighted by molar-refractivity contribution is 14.0. The van der Waals surface area contributed by atoms with Crippen LogP contribution < -0.4 is 15.4 Å². The third-order valence-corrected chi connectivity index (χ3v) is 4.09. The third kappa shape index (κ3) is 4.63. The summed E-state index contributed by atoms with van der Waals surface area (Å²) in [4.78, 5) is 4.30. The number of para-hydroxylation sites is 1. The summed E-state index contributed by atoms with van der Waals surface area (Å²) in [5.74, 6) is 1.79. The van der Waals surface area contributed by atoms with Crippen molar-refractivity contribution in [1.29, 1.82) is 0 Å². The normalized spacial score (nSPS) is 17.2. The van der Waals surface area contributed by atoms with Crippen LogP contribution in [0.3, 0.4) is 0 Å². The van der Waals surface area contributed by atoms with Gasteiger partial charge in [-0.05, 0) is 24.1 Å². The molecule has 0 radical (unpaired) electrons. The van der Waals surface area contributed by atoms with Crippen LogP contribution in [0, 0.1) is 0 Å². The van der Waals surface area contributed by atoms with E-state index in [1.165, 1.54) is 11.1 Å². The fourth-order valence-electron chi connectivity index (χ4n) is 2.80. The standard InChI is InChI=1S/C19H23N3O.HI/c1-14(15-8-4-3-5-9-15)22-19(20-2)21-13-17-12-16-10-6-7-11-18(16)23-17;/h3-11,14,17H,12-13H2,1-2H3,(H2,20,21,22);1H. The molecule has 0 amide bonds. The quantitative estimate of drug-likeness (QED) is 0.437. The van der Waals surface area contributed by atoms with Gasteiger partial charge in [-0.25, -0.2) is 0 Å². The Bertz CT molecular complexity index is 650. The first kappa shape index (κ1) is 18.6. The van der Waals surface area contributed by atoms with Crippen LogP contribution in [0.25, 0.3) is 0 Å². The fraction of sp³-hybridized carbons (Fsp3) is 0.316. The highest BCUT2D eigenvalue weighted by atomic mass is 127. The molecule has 2 atom stereocenters. The molecule has 2 unspecified atom stereocenters. The Morgan fingerprint density at radius 2 is 1.88 bits per heavy atom. The maximum atomic E-state index is 5.95. The second kappa shape index (κ2) is 8.92. The molecule has 0 aromatic heterocycles. The largest absolute Gasteiger partial charge is 0.488 e. The molecule has 0 bridgehead atoms. The first-order valence-electron chi connectivity index (χ1n) is 8.03. The number of ether oxygens (including phenoxy) is 1. The zero-order valence-electron chi connectivity index (χ0n) is 14.0. The minimum Gasteiger partial charge on any atom is -0.488 e. The summed E-state index contributed by atoms with van der Waals surface area (Å²) >= 11 is 0. The smallest absolute Gasteiger partial charge is 0.191 e. The average molecular weight is 437 g/mol. The van der Waals surface area contributed by atoms with E-state index in [-0.39, 0.29) is 36.1 Å². The SMILES string of the molecule is CN=C(NCC1Cc2ccccc2O1)NC(C)c1ccccc1.I. The second-order valence-corrected chi connectivity index (χ2v) is 5.78. The van der Waals surface area contributed by atoms with Crippen LogP contribution in [0.2, 0.25) is 0 Å². The van der Waals surface area contributed by atoms with Crippen LogP contribution in [0.1, 0.15) is 24.1 Å². The van der Waals surface area contributed by atoms with E-state index in [2.05, 4.69) is 46.8 Å². The highest BCUT2D eigenvalue weighted by Crippen LogP contribution is 2.27. The molecule has 5 heteroatoms. The Hall–Kier alpha value is -1.76. The molecule has 1 aliphatic heterocycles. The highest BCUT2D eigenvalue weighted by Gasteiger charge is 2.22. The van der Waals surface area contributed by atoms with Gasteiger partial charge < -0.3 is 15.4 Å². The summed E-state index contributed by atoms with van der Waals surface area (Å²) in [7, 11) is 1.79. The molecule has 0 saturated heterocycles. The van der Waals surface area contributed by atoms with E-state index in [1.807, 2.05) is 30.3 Å². The lowest BCUT2D eigenvalue weighted by molar-refractivity contribution is 0.234. The van der Waals surface area contributed by atoms with Gasteiger partial charge in [0.1, 0.15) is 11.9 Å². The lowest BCUT2D eigenvalue weighted by atomic mass is 10.1. The van der Waals surface area contributed by atoms with Crippen molar-refractivity contribution in [3.8, 4) is 5.75 Å². The van der Waals surface area contributed by atoms with E-state index < -0.39 is 0 Å². The zero-order chi connectivity index (χ0) is 16.1. The second-order valence-electron chi connectivity index (χ2n) is 5.78. The van der Waals surface area contributed by atoms with Crippen LogP contribution in [-0.4, -0.2) is 25.7 Å². The molecule has 2 aromatic carbocycles. The summed E-state index contributed by atoms with van der Waals surface area (Å²) < 4.78 is 5.95. The van der Waals surface area contributed by atoms with E-state index in [0.29, 0.717) is 0 Å². The van der Waals surface area contributed by atoms with E-state index >= 15 is 0 Å². The van der Waals surface area contributed by atoms with Gasteiger partial charge in [-0.1, -0.05) is 48.5 Å². The van der Waals surface area contributed by atoms with Gasteiger partial charge in [0.2, 0.25) is 0 Å². The molecule has 0 spiro atoms. The van der Waals surface area contributed by atoms with Crippen LogP contribution in [0.15, 0.2) is 59.6 Å². The van der Waals surface area contributed by atoms with Gasteiger partial charge in [0.25, 0.3) is 0 Å². The lowest BCUT2D eigenvalue weighted by Gasteiger charge is -2.20. The topological polar surface area (TPSA) is 45.7 Å². The van der Waals surface area contributed by atoms with Crippen LogP contribution in [0.4, 0.5) is 0 Å². The van der Waals surface area contributed by atoms with E-state index in [4.69, 9.17) is 4.74 Å². The number of aliphatic imine (C=N–C) groups is 1. The van der Waals surface area contributed by atoms with Crippen molar-refractivity contribution in [3.05, 3.63) is 65.7 Å². The van der Waals surface area contributed by atoms with Gasteiger partial charge in [-0.15, -0.1) is 24.0 Å². The molecule has 0 saturated carbocycles. The Labute approximate surface area is 160 Å². The van der Waals surface area contributed by atoms with E-state index in [1.54, 1.807) is 7.05 Å². The van der Waals surface area contributed by atoms with Crippen molar-refractivity contribution in [1.82, 2.24) is 10.6 Å². The Balaban J connectivity index is 0.00000208. The summed E-state index contributed by atoms with van der Waals surface area (Å²) in [5.41, 5.74) is 2.51. The molecule has 24 heavy (non-hydrogen) atoms. The first-order valence-corrected chi connectivity index (χ1v) is 8.03. The third-order valence-electron chi connectivity index (χ3n) is 4.09. The van der Waals surface area contributed by atoms with E-state index in [9.17, 15) is 0 Å². The fourth-order valence-corrected chi connectivity index (χ4v) is 2.80. The minimum absolute atomic E-state index is 0. The summed E-state index contributed by atoms with van der Waals surface area (Å²) in [6.45, 7) is 2.86. The van der Waals surface area contributed by atoms with Crippen molar-refractivity contribution >= 4 is 29.9 Å². The van der Waals surface area contributed by atoms with Gasteiger partial charge in [-0.2, -0.15) is 0 Å². The maximum absolute atomic E-state index is 5.95. The molecule has 0 fully saturated rings. The molecule has 128 valence electrons. The van der Waals surface area contributed by atoms with Gasteiger partial charge in [0.05, 0.1) is 12.6 Å². The maximum Gasteiger partial charge on any atom is 0.191 e. The molecular formula is C19H24IN3O. The number of hydrogen-bond acceptors (Lipinski definition) is 2. The van der Waals surface area contributed by atoms with Crippen LogP contribution in [0.5, 0.6) is 5.75 Å². The monoisotopic (exact) mass is 437 g/mol. The molecule has 2 N–H and O–H groups in total. The van der Waals surface area contributed by atoms with Gasteiger partial charge in [0, 0.05) is 13.5 Å². The first-order chi connectivity index (χ1) is 11.3. The van der Waals surface area contributed by atoms with Gasteiger partial charge in [-0.3, -0.25) is 4.99 Å². The average Bonchev–Trinajstić information content (AvgIpc) is 3.02. The number of guanidine groups is 1. The van der Waals surface area contributed by atoms with Crippen molar-refractivity contribution in [3.63, 3.8) is 0 Å². The van der Waals surface area contributed by atoms with Crippen molar-refractivity contribution < 1.29 is 4.74 Å². The predicted octanol–water partition coefficient (Wildman–Crippen LogP) is 3.53. The number of nitrogens with zero attached hydrogens (tertiary/aromatic N) is 1. The molecule has 1 aliphatic rings. The van der Waals surface area contributed by atoms with Crippen LogP contribution >= 0.6 is 24.0 Å². The Morgan fingerprint density at radius 3 is 2.58 bits per heavy atom. The van der Waals surface area contributed by atoms with Crippen molar-refractivity contribution in [2.24, 2.45) is 4.99 Å². The summed E-state index contributed by atoms with van der Waals surface area (Å²) in [5, 5.41) is 6.77. The van der Waals surface area contributed by atoms with Gasteiger partial charge in [0.15, 0.2) is 5.96 Å². The van der Waals surface area contributed by atoms with Crippen molar-refractivity contribution in [2.45, 2.75) is 25.5 Å². The number of benzene rings is 2. The summed E-state index contributed by atoms with van der Waals surface area (Å²) in [6.07, 6.45) is 1.09. The molecule has 2 aromatic rings. The Morgan fingerprint density at radius 1 is 1.17 bits per heavy atom. The van der Waals surface area contributed by atoms with Crippen molar-refractivity contribution in [2.75, 3.05) is 13.6 Å². The number of fused-ring (bicyclic) bond motifs is 1. The van der Waals surface area contributed by atoms with E-state index in [0.717, 1.165) is 24.7 Å². The predicted molar refractivity (Wildman–Crippen MR) is 109 cm³/mol. The molecule has 1 heterocycles. The van der Waals surface area contributed by atoms with Crippen LogP contribution in [-0.2, 0) is 6.42 Å². The molecule has 3 rings (SSSR count). The van der Waals surface area contributed by atoms with Gasteiger partial charge >= 0.3 is 0 Å². The molecule has 4 nitrogen and oxygen atoms in total.